The molecule has 64 valence electrons. The Morgan fingerprint density at radius 2 is 1.75 bits per heavy atom. The van der Waals surface area contributed by atoms with E-state index in [1.54, 1.807) is 7.11 Å². The summed E-state index contributed by atoms with van der Waals surface area (Å²) in [6.07, 6.45) is 0. The van der Waals surface area contributed by atoms with E-state index < -0.39 is 0 Å². The zero-order valence-corrected chi connectivity index (χ0v) is 10.9. The summed E-state index contributed by atoms with van der Waals surface area (Å²) < 4.78 is 6.40. The van der Waals surface area contributed by atoms with Gasteiger partial charge >= 0.3 is 0 Å². The van der Waals surface area contributed by atoms with Crippen molar-refractivity contribution in [2.75, 3.05) is 7.11 Å². The van der Waals surface area contributed by atoms with Crippen molar-refractivity contribution in [1.29, 1.82) is 0 Å². The molecule has 0 atom stereocenters. The highest BCUT2D eigenvalue weighted by Crippen LogP contribution is 2.28. The van der Waals surface area contributed by atoms with Gasteiger partial charge in [-0.2, -0.15) is 0 Å². The van der Waals surface area contributed by atoms with Crippen LogP contribution in [0.15, 0.2) is 31.9 Å². The quantitative estimate of drug-likeness (QED) is 0.555. The Kier molecular flexibility index (Phi) is 4.34. The Morgan fingerprint density at radius 3 is 2.17 bits per heavy atom. The van der Waals surface area contributed by atoms with Crippen LogP contribution in [-0.4, -0.2) is 7.11 Å². The van der Waals surface area contributed by atoms with Gasteiger partial charge in [0.25, 0.3) is 0 Å². The molecule has 0 saturated carbocycles. The van der Waals surface area contributed by atoms with Crippen molar-refractivity contribution in [3.05, 3.63) is 37.5 Å². The summed E-state index contributed by atoms with van der Waals surface area (Å²) in [4.78, 5) is 0. The molecule has 0 aliphatic carbocycles. The lowest BCUT2D eigenvalue weighted by Crippen LogP contribution is -1.86. The molecule has 1 nitrogen and oxygen atoms in total. The molecule has 0 unspecified atom stereocenters. The van der Waals surface area contributed by atoms with Gasteiger partial charge in [0.05, 0.1) is 8.70 Å². The normalized spacial score (nSPS) is 9.25. The third-order valence-corrected chi connectivity index (χ3v) is 2.39. The summed E-state index contributed by atoms with van der Waals surface area (Å²) >= 11 is 4.50. The minimum Gasteiger partial charge on any atom is -0.495 e. The van der Waals surface area contributed by atoms with Crippen LogP contribution in [0.5, 0.6) is 0 Å². The maximum Gasteiger partial charge on any atom is 0.145 e. The van der Waals surface area contributed by atoms with Crippen LogP contribution in [0.25, 0.3) is 5.76 Å². The average molecular weight is 386 g/mol. The van der Waals surface area contributed by atoms with Gasteiger partial charge in [-0.15, -0.1) is 0 Å². The van der Waals surface area contributed by atoms with Crippen LogP contribution in [0.1, 0.15) is 5.56 Å². The summed E-state index contributed by atoms with van der Waals surface area (Å²) in [6, 6.07) is 10.1. The lowest BCUT2D eigenvalue weighted by molar-refractivity contribution is 0.371. The maximum atomic E-state index is 5.26. The number of benzene rings is 1. The first-order valence-corrected chi connectivity index (χ1v) is 5.56. The van der Waals surface area contributed by atoms with Gasteiger partial charge in [0, 0.05) is 5.56 Å². The van der Waals surface area contributed by atoms with Crippen LogP contribution in [0, 0.1) is 0 Å². The molecule has 1 rings (SSSR count). The van der Waals surface area contributed by atoms with Crippen LogP contribution >= 0.6 is 45.2 Å². The number of halogens is 2. The van der Waals surface area contributed by atoms with Crippen molar-refractivity contribution in [2.24, 2.45) is 0 Å². The van der Waals surface area contributed by atoms with E-state index in [2.05, 4.69) is 45.2 Å². The molecule has 0 aliphatic heterocycles. The van der Waals surface area contributed by atoms with E-state index in [1.807, 2.05) is 30.3 Å². The van der Waals surface area contributed by atoms with Gasteiger partial charge in [0.1, 0.15) is 5.76 Å². The zero-order chi connectivity index (χ0) is 8.97. The fourth-order valence-corrected chi connectivity index (χ4v) is 1.96. The van der Waals surface area contributed by atoms with Crippen LogP contribution in [0.2, 0.25) is 0 Å². The summed E-state index contributed by atoms with van der Waals surface area (Å²) in [6.45, 7) is 0. The Hall–Kier alpha value is 0.220. The first-order chi connectivity index (χ1) is 5.75. The molecule has 1 aromatic carbocycles. The van der Waals surface area contributed by atoms with Gasteiger partial charge in [-0.05, 0) is 45.2 Å². The fourth-order valence-electron chi connectivity index (χ4n) is 0.894. The third-order valence-electron chi connectivity index (χ3n) is 1.41. The molecule has 0 saturated heterocycles. The molecule has 12 heavy (non-hydrogen) atoms. The molecular weight excluding hydrogens is 378 g/mol. The molecule has 0 heterocycles. The van der Waals surface area contributed by atoms with Crippen LogP contribution in [-0.2, 0) is 4.74 Å². The van der Waals surface area contributed by atoms with Crippen molar-refractivity contribution < 1.29 is 4.74 Å². The van der Waals surface area contributed by atoms with Crippen molar-refractivity contribution >= 4 is 50.9 Å². The van der Waals surface area contributed by atoms with Gasteiger partial charge in [-0.1, -0.05) is 30.3 Å². The van der Waals surface area contributed by atoms with Gasteiger partial charge in [-0.3, -0.25) is 0 Å². The van der Waals surface area contributed by atoms with Crippen molar-refractivity contribution in [2.45, 2.75) is 0 Å². The second kappa shape index (κ2) is 5.06. The summed E-state index contributed by atoms with van der Waals surface area (Å²) in [5, 5.41) is 0. The molecule has 0 aromatic heterocycles. The largest absolute Gasteiger partial charge is 0.495 e. The molecule has 1 aromatic rings. The Labute approximate surface area is 99.5 Å². The average Bonchev–Trinajstić information content (AvgIpc) is 2.07. The lowest BCUT2D eigenvalue weighted by atomic mass is 10.2. The van der Waals surface area contributed by atoms with E-state index in [-0.39, 0.29) is 0 Å². The molecule has 3 heteroatoms. The predicted molar refractivity (Wildman–Crippen MR) is 68.4 cm³/mol. The lowest BCUT2D eigenvalue weighted by Gasteiger charge is -2.05. The van der Waals surface area contributed by atoms with Crippen LogP contribution in [0.4, 0.5) is 0 Å². The van der Waals surface area contributed by atoms with E-state index in [4.69, 9.17) is 4.74 Å². The molecule has 0 fully saturated rings. The maximum absolute atomic E-state index is 5.26. The third kappa shape index (κ3) is 2.62. The predicted octanol–water partition coefficient (Wildman–Crippen LogP) is 3.83. The molecule has 0 N–H and O–H groups in total. The Morgan fingerprint density at radius 1 is 1.17 bits per heavy atom. The van der Waals surface area contributed by atoms with Gasteiger partial charge in [0.15, 0.2) is 0 Å². The van der Waals surface area contributed by atoms with E-state index in [9.17, 15) is 0 Å². The van der Waals surface area contributed by atoms with E-state index in [1.165, 1.54) is 0 Å². The highest BCUT2D eigenvalue weighted by molar-refractivity contribution is 14.2. The minimum atomic E-state index is 0.941. The molecular formula is C9H8I2O. The van der Waals surface area contributed by atoms with Gasteiger partial charge in [0.2, 0.25) is 0 Å². The number of ether oxygens (including phenoxy) is 1. The van der Waals surface area contributed by atoms with Crippen LogP contribution < -0.4 is 0 Å². The van der Waals surface area contributed by atoms with E-state index >= 15 is 0 Å². The number of rotatable bonds is 2. The molecule has 0 bridgehead atoms. The minimum absolute atomic E-state index is 0.941. The van der Waals surface area contributed by atoms with Crippen molar-refractivity contribution in [1.82, 2.24) is 0 Å². The zero-order valence-electron chi connectivity index (χ0n) is 6.55. The smallest absolute Gasteiger partial charge is 0.145 e. The monoisotopic (exact) mass is 386 g/mol. The second-order valence-corrected chi connectivity index (χ2v) is 6.38. The topological polar surface area (TPSA) is 9.23 Å². The SMILES string of the molecule is COC(=C(I)I)c1ccccc1. The summed E-state index contributed by atoms with van der Waals surface area (Å²) in [5.74, 6) is 0.941. The molecule has 0 spiro atoms. The second-order valence-electron chi connectivity index (χ2n) is 2.16. The number of hydrogen-bond donors (Lipinski definition) is 0. The number of methoxy groups -OCH3 is 1. The highest BCUT2D eigenvalue weighted by Gasteiger charge is 2.03. The molecule has 0 radical (unpaired) electrons. The fraction of sp³-hybridized carbons (Fsp3) is 0.111. The van der Waals surface area contributed by atoms with Crippen LogP contribution in [0.3, 0.4) is 0 Å². The van der Waals surface area contributed by atoms with Gasteiger partial charge < -0.3 is 4.74 Å². The van der Waals surface area contributed by atoms with Crippen molar-refractivity contribution in [3.63, 3.8) is 0 Å². The summed E-state index contributed by atoms with van der Waals surface area (Å²) in [7, 11) is 1.69. The van der Waals surface area contributed by atoms with E-state index in [0.29, 0.717) is 0 Å². The first kappa shape index (κ1) is 10.3. The Balaban J connectivity index is 3.05. The Bertz CT molecular complexity index is 276. The van der Waals surface area contributed by atoms with Gasteiger partial charge in [-0.25, -0.2) is 0 Å². The summed E-state index contributed by atoms with van der Waals surface area (Å²) in [5.41, 5.74) is 1.12. The highest BCUT2D eigenvalue weighted by atomic mass is 127. The number of hydrogen-bond acceptors (Lipinski definition) is 1. The van der Waals surface area contributed by atoms with E-state index in [0.717, 1.165) is 12.9 Å². The molecule has 0 aliphatic rings. The van der Waals surface area contributed by atoms with Crippen molar-refractivity contribution in [3.8, 4) is 0 Å². The molecule has 0 amide bonds. The first-order valence-electron chi connectivity index (χ1n) is 3.40. The standard InChI is InChI=1S/C9H8I2O/c1-12-8(9(10)11)7-5-3-2-4-6-7/h2-6H,1H3.